The highest BCUT2D eigenvalue weighted by Crippen LogP contribution is 2.22. The molecule has 1 heterocycles. The molecule has 0 radical (unpaired) electrons. The topological polar surface area (TPSA) is 80.4 Å². The number of carbonyl (C=O) groups is 2. The Morgan fingerprint density at radius 1 is 1.39 bits per heavy atom. The third kappa shape index (κ3) is 2.45. The number of carboxylic acid groups (broad SMARTS) is 1. The molecule has 0 spiro atoms. The molecule has 0 amide bonds. The molecule has 0 aliphatic carbocycles. The van der Waals surface area contributed by atoms with Crippen LogP contribution in [0.5, 0.6) is 0 Å². The lowest BCUT2D eigenvalue weighted by Gasteiger charge is -2.02. The monoisotopic (exact) mass is 245 g/mol. The van der Waals surface area contributed by atoms with E-state index < -0.39 is 18.2 Å². The fourth-order valence-electron chi connectivity index (χ4n) is 1.66. The van der Waals surface area contributed by atoms with E-state index in [2.05, 4.69) is 4.98 Å². The third-order valence-electron chi connectivity index (χ3n) is 2.51. The molecule has 0 aliphatic heterocycles. The van der Waals surface area contributed by atoms with E-state index in [1.807, 2.05) is 0 Å². The van der Waals surface area contributed by atoms with Gasteiger partial charge in [0.05, 0.1) is 0 Å². The summed E-state index contributed by atoms with van der Waals surface area (Å²) >= 11 is 0. The van der Waals surface area contributed by atoms with Gasteiger partial charge in [0.2, 0.25) is 0 Å². The molecule has 2 aromatic rings. The van der Waals surface area contributed by atoms with Crippen LogP contribution >= 0.6 is 0 Å². The van der Waals surface area contributed by atoms with E-state index in [4.69, 9.17) is 9.52 Å². The van der Waals surface area contributed by atoms with E-state index in [1.165, 1.54) is 6.39 Å². The van der Waals surface area contributed by atoms with Gasteiger partial charge in [-0.15, -0.1) is 0 Å². The lowest BCUT2D eigenvalue weighted by atomic mass is 10.0. The standard InChI is InChI=1S/C13H11NO4/c1-8-13(14-7-18-8)10-4-2-3-9(5-10)11(15)6-12(16)17/h2-5,7H,6H2,1H3,(H,16,17). The number of aliphatic carboxylic acids is 1. The average molecular weight is 245 g/mol. The Hall–Kier alpha value is -2.43. The number of hydrogen-bond donors (Lipinski definition) is 1. The molecule has 1 aromatic heterocycles. The van der Waals surface area contributed by atoms with E-state index in [0.717, 1.165) is 5.56 Å². The number of Topliss-reactive ketones (excluding diaryl/α,β-unsaturated/α-hetero) is 1. The third-order valence-corrected chi connectivity index (χ3v) is 2.51. The van der Waals surface area contributed by atoms with Gasteiger partial charge in [-0.05, 0) is 13.0 Å². The van der Waals surface area contributed by atoms with Crippen LogP contribution in [0, 0.1) is 6.92 Å². The Balaban J connectivity index is 2.34. The van der Waals surface area contributed by atoms with Crippen molar-refractivity contribution < 1.29 is 19.1 Å². The molecule has 0 atom stereocenters. The van der Waals surface area contributed by atoms with E-state index >= 15 is 0 Å². The summed E-state index contributed by atoms with van der Waals surface area (Å²) in [4.78, 5) is 26.2. The van der Waals surface area contributed by atoms with Crippen LogP contribution in [0.4, 0.5) is 0 Å². The van der Waals surface area contributed by atoms with Crippen molar-refractivity contribution in [2.75, 3.05) is 0 Å². The normalized spacial score (nSPS) is 10.3. The minimum Gasteiger partial charge on any atom is -0.481 e. The SMILES string of the molecule is Cc1ocnc1-c1cccc(C(=O)CC(=O)O)c1. The van der Waals surface area contributed by atoms with Gasteiger partial charge in [0.15, 0.2) is 12.2 Å². The van der Waals surface area contributed by atoms with E-state index in [1.54, 1.807) is 31.2 Å². The molecule has 0 fully saturated rings. The zero-order chi connectivity index (χ0) is 13.1. The van der Waals surface area contributed by atoms with Gasteiger partial charge in [-0.1, -0.05) is 18.2 Å². The Morgan fingerprint density at radius 3 is 2.78 bits per heavy atom. The lowest BCUT2D eigenvalue weighted by molar-refractivity contribution is -0.135. The molecule has 1 aromatic carbocycles. The number of oxazole rings is 1. The summed E-state index contributed by atoms with van der Waals surface area (Å²) in [7, 11) is 0. The summed E-state index contributed by atoms with van der Waals surface area (Å²) in [6.45, 7) is 1.77. The van der Waals surface area contributed by atoms with Crippen LogP contribution in [-0.4, -0.2) is 21.8 Å². The Morgan fingerprint density at radius 2 is 2.17 bits per heavy atom. The van der Waals surface area contributed by atoms with Crippen molar-refractivity contribution in [3.05, 3.63) is 42.0 Å². The predicted molar refractivity (Wildman–Crippen MR) is 63.3 cm³/mol. The van der Waals surface area contributed by atoms with Gasteiger partial charge < -0.3 is 9.52 Å². The number of benzene rings is 1. The molecular weight excluding hydrogens is 234 g/mol. The van der Waals surface area contributed by atoms with Gasteiger partial charge >= 0.3 is 5.97 Å². The molecule has 0 saturated carbocycles. The fraction of sp³-hybridized carbons (Fsp3) is 0.154. The van der Waals surface area contributed by atoms with Crippen molar-refractivity contribution in [3.63, 3.8) is 0 Å². The van der Waals surface area contributed by atoms with Crippen LogP contribution in [0.2, 0.25) is 0 Å². The van der Waals surface area contributed by atoms with Gasteiger partial charge in [0.1, 0.15) is 17.9 Å². The van der Waals surface area contributed by atoms with Crippen molar-refractivity contribution in [1.82, 2.24) is 4.98 Å². The van der Waals surface area contributed by atoms with Gasteiger partial charge in [0.25, 0.3) is 0 Å². The molecule has 0 aliphatic rings. The summed E-state index contributed by atoms with van der Waals surface area (Å²) in [5.74, 6) is -0.911. The number of nitrogens with zero attached hydrogens (tertiary/aromatic N) is 1. The lowest BCUT2D eigenvalue weighted by Crippen LogP contribution is -2.06. The van der Waals surface area contributed by atoms with Crippen molar-refractivity contribution in [1.29, 1.82) is 0 Å². The minimum atomic E-state index is -1.14. The van der Waals surface area contributed by atoms with E-state index in [-0.39, 0.29) is 0 Å². The largest absolute Gasteiger partial charge is 0.481 e. The van der Waals surface area contributed by atoms with Crippen molar-refractivity contribution in [2.45, 2.75) is 13.3 Å². The molecule has 0 saturated heterocycles. The van der Waals surface area contributed by atoms with Crippen molar-refractivity contribution in [2.24, 2.45) is 0 Å². The number of ketones is 1. The summed E-state index contributed by atoms with van der Waals surface area (Å²) in [6, 6.07) is 6.70. The number of hydrogen-bond acceptors (Lipinski definition) is 4. The highest BCUT2D eigenvalue weighted by molar-refractivity contribution is 6.06. The maximum Gasteiger partial charge on any atom is 0.311 e. The first-order valence-corrected chi connectivity index (χ1v) is 5.33. The van der Waals surface area contributed by atoms with Crippen LogP contribution in [0.25, 0.3) is 11.3 Å². The highest BCUT2D eigenvalue weighted by atomic mass is 16.4. The van der Waals surface area contributed by atoms with Crippen LogP contribution in [-0.2, 0) is 4.79 Å². The summed E-state index contributed by atoms with van der Waals surface area (Å²) < 4.78 is 5.09. The second kappa shape index (κ2) is 4.83. The molecule has 5 heteroatoms. The molecular formula is C13H11NO4. The quantitative estimate of drug-likeness (QED) is 0.660. The zero-order valence-electron chi connectivity index (χ0n) is 9.71. The Bertz CT molecular complexity index is 601. The second-order valence-electron chi connectivity index (χ2n) is 3.83. The first-order valence-electron chi connectivity index (χ1n) is 5.33. The van der Waals surface area contributed by atoms with E-state index in [9.17, 15) is 9.59 Å². The Labute approximate surface area is 103 Å². The number of aryl methyl sites for hydroxylation is 1. The zero-order valence-corrected chi connectivity index (χ0v) is 9.71. The maximum absolute atomic E-state index is 11.6. The number of carbonyl (C=O) groups excluding carboxylic acids is 1. The molecule has 92 valence electrons. The number of rotatable bonds is 4. The predicted octanol–water partition coefficient (Wildman–Crippen LogP) is 2.31. The van der Waals surface area contributed by atoms with Crippen LogP contribution < -0.4 is 0 Å². The van der Waals surface area contributed by atoms with Crippen molar-refractivity contribution >= 4 is 11.8 Å². The average Bonchev–Trinajstić information content (AvgIpc) is 2.75. The summed E-state index contributed by atoms with van der Waals surface area (Å²) in [5.41, 5.74) is 1.75. The Kier molecular flexibility index (Phi) is 3.23. The molecule has 18 heavy (non-hydrogen) atoms. The summed E-state index contributed by atoms with van der Waals surface area (Å²) in [5, 5.41) is 8.59. The molecule has 0 bridgehead atoms. The minimum absolute atomic E-state index is 0.359. The van der Waals surface area contributed by atoms with Gasteiger partial charge in [0, 0.05) is 11.1 Å². The smallest absolute Gasteiger partial charge is 0.311 e. The van der Waals surface area contributed by atoms with Gasteiger partial charge in [-0.25, -0.2) is 4.98 Å². The fourth-order valence-corrected chi connectivity index (χ4v) is 1.66. The first kappa shape index (κ1) is 12.0. The highest BCUT2D eigenvalue weighted by Gasteiger charge is 2.13. The maximum atomic E-state index is 11.6. The van der Waals surface area contributed by atoms with E-state index in [0.29, 0.717) is 17.0 Å². The second-order valence-corrected chi connectivity index (χ2v) is 3.83. The number of carboxylic acids is 1. The molecule has 2 rings (SSSR count). The summed E-state index contributed by atoms with van der Waals surface area (Å²) in [6.07, 6.45) is 0.817. The van der Waals surface area contributed by atoms with Crippen LogP contribution in [0.3, 0.4) is 0 Å². The number of aromatic nitrogens is 1. The van der Waals surface area contributed by atoms with Gasteiger partial charge in [-0.2, -0.15) is 0 Å². The van der Waals surface area contributed by atoms with Gasteiger partial charge in [-0.3, -0.25) is 9.59 Å². The first-order chi connectivity index (χ1) is 8.58. The van der Waals surface area contributed by atoms with Crippen LogP contribution in [0.1, 0.15) is 22.5 Å². The molecule has 0 unspecified atom stereocenters. The van der Waals surface area contributed by atoms with Crippen LogP contribution in [0.15, 0.2) is 35.1 Å². The van der Waals surface area contributed by atoms with Crippen molar-refractivity contribution in [3.8, 4) is 11.3 Å². The molecule has 1 N–H and O–H groups in total. The molecule has 5 nitrogen and oxygen atoms in total.